The van der Waals surface area contributed by atoms with Crippen molar-refractivity contribution in [2.24, 2.45) is 0 Å². The number of aliphatic hydroxyl groups is 1. The van der Waals surface area contributed by atoms with Crippen LogP contribution in [0.1, 0.15) is 28.6 Å². The molecule has 0 saturated carbocycles. The highest BCUT2D eigenvalue weighted by molar-refractivity contribution is 5.41. The van der Waals surface area contributed by atoms with Crippen LogP contribution in [0.25, 0.3) is 0 Å². The second kappa shape index (κ2) is 6.18. The van der Waals surface area contributed by atoms with Gasteiger partial charge < -0.3 is 14.6 Å². The zero-order chi connectivity index (χ0) is 15.6. The van der Waals surface area contributed by atoms with Crippen molar-refractivity contribution in [3.63, 3.8) is 0 Å². The topological polar surface area (TPSA) is 56.5 Å². The molecule has 1 aromatic heterocycles. The highest BCUT2D eigenvalue weighted by Crippen LogP contribution is 2.30. The molecular weight excluding hydrogens is 268 g/mol. The van der Waals surface area contributed by atoms with E-state index in [2.05, 4.69) is 5.10 Å². The predicted molar refractivity (Wildman–Crippen MR) is 80.9 cm³/mol. The zero-order valence-electron chi connectivity index (χ0n) is 13.2. The third-order valence-electron chi connectivity index (χ3n) is 3.89. The molecule has 0 spiro atoms. The number of rotatable bonds is 5. The molecule has 1 unspecified atom stereocenters. The molecule has 1 aromatic carbocycles. The lowest BCUT2D eigenvalue weighted by Gasteiger charge is -2.17. The van der Waals surface area contributed by atoms with Crippen LogP contribution >= 0.6 is 0 Å². The first kappa shape index (κ1) is 15.4. The van der Waals surface area contributed by atoms with E-state index < -0.39 is 6.10 Å². The number of aryl methyl sites for hydroxylation is 1. The van der Waals surface area contributed by atoms with Crippen LogP contribution in [0.5, 0.6) is 11.5 Å². The van der Waals surface area contributed by atoms with Crippen molar-refractivity contribution < 1.29 is 14.6 Å². The molecular formula is C16H22N2O3. The first-order chi connectivity index (χ1) is 9.97. The molecule has 0 aliphatic carbocycles. The molecule has 114 valence electrons. The largest absolute Gasteiger partial charge is 0.497 e. The summed E-state index contributed by atoms with van der Waals surface area (Å²) >= 11 is 0. The van der Waals surface area contributed by atoms with E-state index >= 15 is 0 Å². The maximum absolute atomic E-state index is 10.5. The molecule has 2 rings (SSSR count). The molecule has 2 aromatic rings. The highest BCUT2D eigenvalue weighted by Gasteiger charge is 2.17. The third-order valence-corrected chi connectivity index (χ3v) is 3.89. The van der Waals surface area contributed by atoms with Gasteiger partial charge in [-0.1, -0.05) is 0 Å². The molecule has 0 aliphatic rings. The van der Waals surface area contributed by atoms with E-state index in [1.807, 2.05) is 31.5 Å². The smallest absolute Gasteiger partial charge is 0.125 e. The van der Waals surface area contributed by atoms with Crippen molar-refractivity contribution in [3.05, 3.63) is 40.7 Å². The maximum Gasteiger partial charge on any atom is 0.125 e. The number of nitrogens with zero attached hydrogens (tertiary/aromatic N) is 2. The van der Waals surface area contributed by atoms with E-state index in [1.54, 1.807) is 26.4 Å². The predicted octanol–water partition coefficient (Wildman–Crippen LogP) is 2.56. The Balaban J connectivity index is 2.31. The first-order valence-electron chi connectivity index (χ1n) is 6.88. The highest BCUT2D eigenvalue weighted by atomic mass is 16.5. The summed E-state index contributed by atoms with van der Waals surface area (Å²) in [6.45, 7) is 6.39. The summed E-state index contributed by atoms with van der Waals surface area (Å²) in [7, 11) is 3.19. The van der Waals surface area contributed by atoms with Gasteiger partial charge in [0, 0.05) is 11.3 Å². The zero-order valence-corrected chi connectivity index (χ0v) is 13.2. The lowest BCUT2D eigenvalue weighted by atomic mass is 10.1. The minimum Gasteiger partial charge on any atom is -0.497 e. The number of ether oxygens (including phenoxy) is 2. The van der Waals surface area contributed by atoms with E-state index in [9.17, 15) is 5.11 Å². The number of methoxy groups -OCH3 is 2. The Bertz CT molecular complexity index is 635. The Morgan fingerprint density at radius 1 is 1.19 bits per heavy atom. The summed E-state index contributed by atoms with van der Waals surface area (Å²) in [6.07, 6.45) is -0.715. The average Bonchev–Trinajstić information content (AvgIpc) is 2.73. The second-order valence-electron chi connectivity index (χ2n) is 5.10. The molecule has 0 aliphatic heterocycles. The Hall–Kier alpha value is -2.01. The normalized spacial score (nSPS) is 12.3. The van der Waals surface area contributed by atoms with Crippen molar-refractivity contribution in [2.75, 3.05) is 14.2 Å². The van der Waals surface area contributed by atoms with Gasteiger partial charge in [-0.2, -0.15) is 5.10 Å². The fourth-order valence-electron chi connectivity index (χ4n) is 2.33. The van der Waals surface area contributed by atoms with E-state index in [1.165, 1.54) is 0 Å². The lowest BCUT2D eigenvalue weighted by Crippen LogP contribution is -2.12. The summed E-state index contributed by atoms with van der Waals surface area (Å²) in [6, 6.07) is 5.40. The molecule has 0 radical (unpaired) electrons. The molecule has 5 heteroatoms. The number of hydrogen-bond acceptors (Lipinski definition) is 4. The van der Waals surface area contributed by atoms with Crippen LogP contribution in [-0.4, -0.2) is 29.1 Å². The molecule has 0 saturated heterocycles. The van der Waals surface area contributed by atoms with Crippen LogP contribution in [-0.2, 0) is 6.54 Å². The number of hydrogen-bond donors (Lipinski definition) is 1. The van der Waals surface area contributed by atoms with Crippen LogP contribution in [0.3, 0.4) is 0 Å². The van der Waals surface area contributed by atoms with Crippen molar-refractivity contribution in [3.8, 4) is 11.5 Å². The van der Waals surface area contributed by atoms with E-state index in [0.717, 1.165) is 17.0 Å². The van der Waals surface area contributed by atoms with E-state index in [-0.39, 0.29) is 0 Å². The summed E-state index contributed by atoms with van der Waals surface area (Å²) in [5.74, 6) is 1.33. The van der Waals surface area contributed by atoms with E-state index in [0.29, 0.717) is 23.6 Å². The Labute approximate surface area is 125 Å². The minimum absolute atomic E-state index is 0.379. The summed E-state index contributed by atoms with van der Waals surface area (Å²) in [4.78, 5) is 0. The second-order valence-corrected chi connectivity index (χ2v) is 5.10. The fraction of sp³-hybridized carbons (Fsp3) is 0.438. The van der Waals surface area contributed by atoms with Crippen LogP contribution in [0, 0.1) is 20.8 Å². The first-order valence-corrected chi connectivity index (χ1v) is 6.88. The van der Waals surface area contributed by atoms with Crippen LogP contribution in [0.4, 0.5) is 0 Å². The summed E-state index contributed by atoms with van der Waals surface area (Å²) in [5, 5.41) is 15.0. The molecule has 21 heavy (non-hydrogen) atoms. The molecule has 1 atom stereocenters. The monoisotopic (exact) mass is 290 g/mol. The Kier molecular flexibility index (Phi) is 4.53. The van der Waals surface area contributed by atoms with Gasteiger partial charge in [0.05, 0.1) is 26.5 Å². The van der Waals surface area contributed by atoms with Gasteiger partial charge in [-0.15, -0.1) is 0 Å². The molecule has 1 heterocycles. The van der Waals surface area contributed by atoms with Gasteiger partial charge in [0.15, 0.2) is 0 Å². The minimum atomic E-state index is -0.715. The van der Waals surface area contributed by atoms with Crippen molar-refractivity contribution in [1.82, 2.24) is 9.78 Å². The van der Waals surface area contributed by atoms with Gasteiger partial charge in [0.1, 0.15) is 17.6 Å². The number of aromatic nitrogens is 2. The quantitative estimate of drug-likeness (QED) is 0.919. The molecule has 0 fully saturated rings. The van der Waals surface area contributed by atoms with Crippen LogP contribution in [0.2, 0.25) is 0 Å². The van der Waals surface area contributed by atoms with Gasteiger partial charge in [-0.25, -0.2) is 0 Å². The standard InChI is InChI=1S/C16H22N2O3/c1-10-11(2)17-18(12(10)3)9-15(19)14-8-13(20-4)6-7-16(14)21-5/h6-8,15,19H,9H2,1-5H3. The SMILES string of the molecule is COc1ccc(OC)c(C(O)Cn2nc(C)c(C)c2C)c1. The van der Waals surface area contributed by atoms with Gasteiger partial charge in [-0.05, 0) is 44.5 Å². The van der Waals surface area contributed by atoms with Crippen LogP contribution < -0.4 is 9.47 Å². The van der Waals surface area contributed by atoms with Crippen molar-refractivity contribution >= 4 is 0 Å². The summed E-state index contributed by atoms with van der Waals surface area (Å²) < 4.78 is 12.4. The molecule has 0 amide bonds. The lowest BCUT2D eigenvalue weighted by molar-refractivity contribution is 0.146. The maximum atomic E-state index is 10.5. The van der Waals surface area contributed by atoms with E-state index in [4.69, 9.17) is 9.47 Å². The van der Waals surface area contributed by atoms with Gasteiger partial charge in [-0.3, -0.25) is 4.68 Å². The van der Waals surface area contributed by atoms with Crippen molar-refractivity contribution in [1.29, 1.82) is 0 Å². The van der Waals surface area contributed by atoms with Crippen LogP contribution in [0.15, 0.2) is 18.2 Å². The molecule has 1 N–H and O–H groups in total. The van der Waals surface area contributed by atoms with Gasteiger partial charge >= 0.3 is 0 Å². The Morgan fingerprint density at radius 3 is 2.43 bits per heavy atom. The number of benzene rings is 1. The number of aliphatic hydroxyl groups excluding tert-OH is 1. The van der Waals surface area contributed by atoms with Crippen molar-refractivity contribution in [2.45, 2.75) is 33.4 Å². The average molecular weight is 290 g/mol. The van der Waals surface area contributed by atoms with Gasteiger partial charge in [0.25, 0.3) is 0 Å². The molecule has 5 nitrogen and oxygen atoms in total. The summed E-state index contributed by atoms with van der Waals surface area (Å²) in [5.41, 5.74) is 3.90. The van der Waals surface area contributed by atoms with Gasteiger partial charge in [0.2, 0.25) is 0 Å². The fourth-order valence-corrected chi connectivity index (χ4v) is 2.33. The Morgan fingerprint density at radius 2 is 1.90 bits per heavy atom. The third kappa shape index (κ3) is 3.03. The molecule has 0 bridgehead atoms.